The zero-order valence-corrected chi connectivity index (χ0v) is 8.71. The van der Waals surface area contributed by atoms with Crippen LogP contribution in [-0.2, 0) is 15.8 Å². The molecular weight excluding hydrogens is 190 g/mol. The molecule has 4 nitrogen and oxygen atoms in total. The average molecular weight is 205 g/mol. The molecule has 0 radical (unpaired) electrons. The summed E-state index contributed by atoms with van der Waals surface area (Å²) in [4.78, 5) is 10.8. The molecule has 0 aromatic heterocycles. The summed E-state index contributed by atoms with van der Waals surface area (Å²) in [5.74, 6) is -0.855. The molecule has 0 aromatic carbocycles. The van der Waals surface area contributed by atoms with E-state index in [0.717, 1.165) is 6.42 Å². The lowest BCUT2D eigenvalue weighted by atomic mass is 10.2. The molecule has 1 N–H and O–H groups in total. The minimum absolute atomic E-state index is 0.0000463. The summed E-state index contributed by atoms with van der Waals surface area (Å²) in [6.45, 7) is 4.32. The number of hydrogen-bond donors (Lipinski definition) is 1. The largest absolute Gasteiger partial charge is 0.480 e. The quantitative estimate of drug-likeness (QED) is 0.734. The van der Waals surface area contributed by atoms with Gasteiger partial charge in [0.1, 0.15) is 6.04 Å². The molecule has 1 aliphatic rings. The highest BCUT2D eigenvalue weighted by atomic mass is 32.2. The Morgan fingerprint density at radius 1 is 1.62 bits per heavy atom. The fourth-order valence-electron chi connectivity index (χ4n) is 1.47. The van der Waals surface area contributed by atoms with E-state index in [0.29, 0.717) is 13.0 Å². The first-order valence-electron chi connectivity index (χ1n) is 4.44. The topological polar surface area (TPSA) is 57.6 Å². The molecule has 1 rings (SSSR count). The Bertz CT molecular complexity index is 229. The van der Waals surface area contributed by atoms with Crippen LogP contribution in [0.25, 0.3) is 0 Å². The van der Waals surface area contributed by atoms with E-state index in [1.54, 1.807) is 4.31 Å². The van der Waals surface area contributed by atoms with Crippen LogP contribution in [-0.4, -0.2) is 37.4 Å². The molecule has 2 atom stereocenters. The highest BCUT2D eigenvalue weighted by Gasteiger charge is 2.34. The Kier molecular flexibility index (Phi) is 3.44. The third-order valence-corrected chi connectivity index (χ3v) is 3.83. The molecule has 0 spiro atoms. The zero-order valence-electron chi connectivity index (χ0n) is 7.90. The number of aliphatic carboxylic acids is 1. The Morgan fingerprint density at radius 2 is 2.23 bits per heavy atom. The number of hydrogen-bond acceptors (Lipinski definition) is 2. The Balaban J connectivity index is 2.68. The van der Waals surface area contributed by atoms with Gasteiger partial charge in [-0.15, -0.1) is 0 Å². The van der Waals surface area contributed by atoms with Crippen molar-refractivity contribution in [3.05, 3.63) is 0 Å². The van der Waals surface area contributed by atoms with Gasteiger partial charge in [0, 0.05) is 11.8 Å². The first kappa shape index (κ1) is 10.7. The summed E-state index contributed by atoms with van der Waals surface area (Å²) >= 11 is 0. The van der Waals surface area contributed by atoms with Gasteiger partial charge in [0.25, 0.3) is 0 Å². The summed E-state index contributed by atoms with van der Waals surface area (Å²) in [6.07, 6.45) is 1.45. The third-order valence-electron chi connectivity index (χ3n) is 2.12. The third kappa shape index (κ3) is 2.28. The standard InChI is InChI=1S/C8H15NO3S/c1-6(2)13(12)9-5-3-4-7(9)8(10)11/h6-7H,3-5H2,1-2H3,(H,10,11). The van der Waals surface area contributed by atoms with E-state index in [1.807, 2.05) is 13.8 Å². The van der Waals surface area contributed by atoms with Gasteiger partial charge in [-0.2, -0.15) is 0 Å². The summed E-state index contributed by atoms with van der Waals surface area (Å²) in [5, 5.41) is 8.84. The van der Waals surface area contributed by atoms with Gasteiger partial charge in [-0.1, -0.05) is 0 Å². The van der Waals surface area contributed by atoms with E-state index < -0.39 is 23.0 Å². The van der Waals surface area contributed by atoms with Crippen molar-refractivity contribution in [2.24, 2.45) is 0 Å². The van der Waals surface area contributed by atoms with Crippen LogP contribution in [0.3, 0.4) is 0 Å². The van der Waals surface area contributed by atoms with Crippen molar-refractivity contribution < 1.29 is 14.1 Å². The molecule has 0 aromatic rings. The van der Waals surface area contributed by atoms with E-state index >= 15 is 0 Å². The number of carboxylic acids is 1. The van der Waals surface area contributed by atoms with Gasteiger partial charge in [-0.25, -0.2) is 8.51 Å². The van der Waals surface area contributed by atoms with E-state index in [-0.39, 0.29) is 5.25 Å². The highest BCUT2D eigenvalue weighted by molar-refractivity contribution is 7.83. The maximum absolute atomic E-state index is 11.6. The lowest BCUT2D eigenvalue weighted by Crippen LogP contribution is -2.39. The molecule has 0 aliphatic carbocycles. The first-order chi connectivity index (χ1) is 6.04. The molecule has 1 saturated heterocycles. The average Bonchev–Trinajstić information content (AvgIpc) is 2.50. The molecule has 0 saturated carbocycles. The Morgan fingerprint density at radius 3 is 2.69 bits per heavy atom. The fraction of sp³-hybridized carbons (Fsp3) is 0.875. The van der Waals surface area contributed by atoms with Gasteiger partial charge in [0.05, 0.1) is 11.0 Å². The predicted octanol–water partition coefficient (Wildman–Crippen LogP) is 0.607. The van der Waals surface area contributed by atoms with Crippen molar-refractivity contribution in [3.8, 4) is 0 Å². The molecule has 1 heterocycles. The lowest BCUT2D eigenvalue weighted by molar-refractivity contribution is -0.140. The molecule has 5 heteroatoms. The van der Waals surface area contributed by atoms with Crippen LogP contribution in [0.15, 0.2) is 0 Å². The Labute approximate surface area is 80.5 Å². The molecule has 13 heavy (non-hydrogen) atoms. The van der Waals surface area contributed by atoms with Gasteiger partial charge in [-0.3, -0.25) is 4.79 Å². The monoisotopic (exact) mass is 205 g/mol. The fourth-order valence-corrected chi connectivity index (χ4v) is 2.77. The van der Waals surface area contributed by atoms with E-state index in [9.17, 15) is 9.00 Å². The maximum atomic E-state index is 11.6. The SMILES string of the molecule is CC(C)S(=O)N1CCCC1C(=O)O. The number of nitrogens with zero attached hydrogens (tertiary/aromatic N) is 1. The van der Waals surface area contributed by atoms with Crippen LogP contribution in [0.4, 0.5) is 0 Å². The van der Waals surface area contributed by atoms with Gasteiger partial charge in [0.15, 0.2) is 0 Å². The molecular formula is C8H15NO3S. The van der Waals surface area contributed by atoms with Crippen LogP contribution in [0.2, 0.25) is 0 Å². The van der Waals surface area contributed by atoms with Crippen molar-refractivity contribution in [3.63, 3.8) is 0 Å². The molecule has 1 fully saturated rings. The number of carboxylic acid groups (broad SMARTS) is 1. The van der Waals surface area contributed by atoms with E-state index in [2.05, 4.69) is 0 Å². The summed E-state index contributed by atoms with van der Waals surface area (Å²) < 4.78 is 13.2. The van der Waals surface area contributed by atoms with Crippen LogP contribution in [0.1, 0.15) is 26.7 Å². The maximum Gasteiger partial charge on any atom is 0.321 e. The van der Waals surface area contributed by atoms with Crippen molar-refractivity contribution in [1.29, 1.82) is 0 Å². The molecule has 0 bridgehead atoms. The zero-order chi connectivity index (χ0) is 10.0. The number of carbonyl (C=O) groups is 1. The van der Waals surface area contributed by atoms with Crippen LogP contribution in [0, 0.1) is 0 Å². The molecule has 0 amide bonds. The van der Waals surface area contributed by atoms with Crippen LogP contribution in [0.5, 0.6) is 0 Å². The molecule has 76 valence electrons. The second-order valence-electron chi connectivity index (χ2n) is 3.46. The lowest BCUT2D eigenvalue weighted by Gasteiger charge is -2.21. The smallest absolute Gasteiger partial charge is 0.321 e. The first-order valence-corrected chi connectivity index (χ1v) is 5.61. The normalized spacial score (nSPS) is 26.5. The van der Waals surface area contributed by atoms with Crippen molar-refractivity contribution >= 4 is 17.0 Å². The molecule has 2 unspecified atom stereocenters. The second-order valence-corrected chi connectivity index (χ2v) is 5.43. The predicted molar refractivity (Wildman–Crippen MR) is 50.6 cm³/mol. The van der Waals surface area contributed by atoms with E-state index in [4.69, 9.17) is 5.11 Å². The van der Waals surface area contributed by atoms with Gasteiger partial charge in [0.2, 0.25) is 0 Å². The second kappa shape index (κ2) is 4.19. The Hall–Kier alpha value is -0.420. The highest BCUT2D eigenvalue weighted by Crippen LogP contribution is 2.20. The number of rotatable bonds is 3. The van der Waals surface area contributed by atoms with Crippen molar-refractivity contribution in [2.45, 2.75) is 38.0 Å². The summed E-state index contributed by atoms with van der Waals surface area (Å²) in [5.41, 5.74) is 0. The van der Waals surface area contributed by atoms with Crippen LogP contribution >= 0.6 is 0 Å². The summed E-state index contributed by atoms with van der Waals surface area (Å²) in [6, 6.07) is -0.539. The minimum Gasteiger partial charge on any atom is -0.480 e. The summed E-state index contributed by atoms with van der Waals surface area (Å²) in [7, 11) is -1.15. The van der Waals surface area contributed by atoms with E-state index in [1.165, 1.54) is 0 Å². The van der Waals surface area contributed by atoms with Crippen molar-refractivity contribution in [2.75, 3.05) is 6.54 Å². The minimum atomic E-state index is -1.15. The molecule has 1 aliphatic heterocycles. The van der Waals surface area contributed by atoms with Crippen molar-refractivity contribution in [1.82, 2.24) is 4.31 Å². The van der Waals surface area contributed by atoms with Gasteiger partial charge >= 0.3 is 5.97 Å². The van der Waals surface area contributed by atoms with Crippen LogP contribution < -0.4 is 0 Å². The van der Waals surface area contributed by atoms with Gasteiger partial charge < -0.3 is 5.11 Å². The van der Waals surface area contributed by atoms with Gasteiger partial charge in [-0.05, 0) is 26.7 Å².